The molecule has 0 unspecified atom stereocenters. The van der Waals surface area contributed by atoms with E-state index >= 15 is 0 Å². The Balaban J connectivity index is 3.09. The Morgan fingerprint density at radius 2 is 2.07 bits per heavy atom. The van der Waals surface area contributed by atoms with Gasteiger partial charge in [0.2, 0.25) is 0 Å². The lowest BCUT2D eigenvalue weighted by atomic mass is 9.98. The molecule has 0 aliphatic rings. The molecule has 0 bridgehead atoms. The summed E-state index contributed by atoms with van der Waals surface area (Å²) in [6.45, 7) is 3.53. The molecule has 82 valence electrons. The Morgan fingerprint density at radius 3 is 2.60 bits per heavy atom. The zero-order chi connectivity index (χ0) is 11.6. The van der Waals surface area contributed by atoms with Crippen molar-refractivity contribution in [1.82, 2.24) is 0 Å². The molecule has 1 aromatic carbocycles. The van der Waals surface area contributed by atoms with Gasteiger partial charge in [-0.05, 0) is 43.0 Å². The molecule has 0 aliphatic heterocycles. The first-order valence-electron chi connectivity index (χ1n) is 4.59. The van der Waals surface area contributed by atoms with Gasteiger partial charge in [-0.1, -0.05) is 15.9 Å². The van der Waals surface area contributed by atoms with Crippen LogP contribution in [-0.2, 0) is 11.2 Å². The average molecular weight is 275 g/mol. The molecule has 0 atom stereocenters. The number of hydrogen-bond acceptors (Lipinski definition) is 1. The summed E-state index contributed by atoms with van der Waals surface area (Å²) in [5.41, 5.74) is 2.23. The maximum Gasteiger partial charge on any atom is 0.303 e. The van der Waals surface area contributed by atoms with Crippen molar-refractivity contribution in [2.24, 2.45) is 0 Å². The Morgan fingerprint density at radius 1 is 1.47 bits per heavy atom. The second-order valence-electron chi connectivity index (χ2n) is 3.46. The Bertz CT molecular complexity index is 376. The van der Waals surface area contributed by atoms with Crippen molar-refractivity contribution in [2.45, 2.75) is 26.7 Å². The average Bonchev–Trinajstić information content (AvgIpc) is 2.14. The minimum atomic E-state index is -0.866. The van der Waals surface area contributed by atoms with E-state index in [1.807, 2.05) is 6.92 Å². The molecular formula is C11H12BrFO2. The molecule has 0 spiro atoms. The molecule has 0 saturated carbocycles. The number of benzene rings is 1. The lowest BCUT2D eigenvalue weighted by Gasteiger charge is -2.11. The van der Waals surface area contributed by atoms with E-state index in [0.29, 0.717) is 16.5 Å². The summed E-state index contributed by atoms with van der Waals surface area (Å²) in [6, 6.07) is 1.41. The quantitative estimate of drug-likeness (QED) is 0.919. The summed E-state index contributed by atoms with van der Waals surface area (Å²) in [7, 11) is 0. The van der Waals surface area contributed by atoms with Gasteiger partial charge in [0.15, 0.2) is 0 Å². The van der Waals surface area contributed by atoms with Gasteiger partial charge < -0.3 is 5.11 Å². The zero-order valence-electron chi connectivity index (χ0n) is 8.60. The topological polar surface area (TPSA) is 37.3 Å². The maximum atomic E-state index is 13.4. The lowest BCUT2D eigenvalue weighted by molar-refractivity contribution is -0.136. The Kier molecular flexibility index (Phi) is 3.85. The van der Waals surface area contributed by atoms with Gasteiger partial charge in [0.25, 0.3) is 0 Å². The van der Waals surface area contributed by atoms with Crippen LogP contribution >= 0.6 is 15.9 Å². The summed E-state index contributed by atoms with van der Waals surface area (Å²) >= 11 is 3.25. The Labute approximate surface area is 96.2 Å². The molecule has 15 heavy (non-hydrogen) atoms. The van der Waals surface area contributed by atoms with E-state index in [4.69, 9.17) is 5.11 Å². The Hall–Kier alpha value is -0.900. The summed E-state index contributed by atoms with van der Waals surface area (Å²) in [4.78, 5) is 10.5. The molecule has 1 aromatic rings. The predicted octanol–water partition coefficient (Wildman–Crippen LogP) is 3.22. The molecule has 0 fully saturated rings. The number of rotatable bonds is 3. The highest BCUT2D eigenvalue weighted by Crippen LogP contribution is 2.26. The SMILES string of the molecule is Cc1c(F)cc(Br)c(C)c1CCC(=O)O. The van der Waals surface area contributed by atoms with Crippen molar-refractivity contribution in [1.29, 1.82) is 0 Å². The molecule has 1 N–H and O–H groups in total. The third kappa shape index (κ3) is 2.78. The van der Waals surface area contributed by atoms with Crippen LogP contribution in [0.5, 0.6) is 0 Å². The van der Waals surface area contributed by atoms with Crippen molar-refractivity contribution in [3.8, 4) is 0 Å². The van der Waals surface area contributed by atoms with Crippen LogP contribution in [0.4, 0.5) is 4.39 Å². The number of halogens is 2. The molecule has 4 heteroatoms. The number of carboxylic acid groups (broad SMARTS) is 1. The molecule has 0 radical (unpaired) electrons. The first kappa shape index (κ1) is 12.2. The molecule has 2 nitrogen and oxygen atoms in total. The van der Waals surface area contributed by atoms with Gasteiger partial charge in [0, 0.05) is 10.9 Å². The van der Waals surface area contributed by atoms with Gasteiger partial charge in [0.1, 0.15) is 5.82 Å². The first-order chi connectivity index (χ1) is 6.93. The van der Waals surface area contributed by atoms with E-state index in [-0.39, 0.29) is 12.2 Å². The number of aliphatic carboxylic acids is 1. The van der Waals surface area contributed by atoms with Crippen molar-refractivity contribution in [3.63, 3.8) is 0 Å². The molecule has 1 rings (SSSR count). The van der Waals surface area contributed by atoms with Crippen LogP contribution < -0.4 is 0 Å². The van der Waals surface area contributed by atoms with Gasteiger partial charge in [0.05, 0.1) is 0 Å². The predicted molar refractivity (Wildman–Crippen MR) is 59.5 cm³/mol. The maximum absolute atomic E-state index is 13.4. The summed E-state index contributed by atoms with van der Waals surface area (Å²) in [6.07, 6.45) is 0.390. The minimum absolute atomic E-state index is 0.0254. The van der Waals surface area contributed by atoms with E-state index in [2.05, 4.69) is 15.9 Å². The van der Waals surface area contributed by atoms with E-state index < -0.39 is 5.97 Å². The number of carboxylic acids is 1. The van der Waals surface area contributed by atoms with Crippen LogP contribution in [0.1, 0.15) is 23.1 Å². The summed E-state index contributed by atoms with van der Waals surface area (Å²) in [5, 5.41) is 8.59. The van der Waals surface area contributed by atoms with Crippen LogP contribution in [0.25, 0.3) is 0 Å². The highest BCUT2D eigenvalue weighted by Gasteiger charge is 2.12. The highest BCUT2D eigenvalue weighted by atomic mass is 79.9. The van der Waals surface area contributed by atoms with Crippen LogP contribution in [0.2, 0.25) is 0 Å². The highest BCUT2D eigenvalue weighted by molar-refractivity contribution is 9.10. The molecule has 0 heterocycles. The van der Waals surface area contributed by atoms with E-state index in [1.165, 1.54) is 6.07 Å². The molecule has 0 amide bonds. The van der Waals surface area contributed by atoms with Gasteiger partial charge >= 0.3 is 5.97 Å². The monoisotopic (exact) mass is 274 g/mol. The van der Waals surface area contributed by atoms with E-state index in [0.717, 1.165) is 11.1 Å². The first-order valence-corrected chi connectivity index (χ1v) is 5.38. The van der Waals surface area contributed by atoms with Crippen molar-refractivity contribution in [3.05, 3.63) is 33.0 Å². The van der Waals surface area contributed by atoms with Crippen LogP contribution in [-0.4, -0.2) is 11.1 Å². The molecule has 0 aromatic heterocycles. The molecule has 0 aliphatic carbocycles. The van der Waals surface area contributed by atoms with E-state index in [1.54, 1.807) is 6.92 Å². The molecule has 0 saturated heterocycles. The molecular weight excluding hydrogens is 263 g/mol. The largest absolute Gasteiger partial charge is 0.481 e. The summed E-state index contributed by atoms with van der Waals surface area (Å²) < 4.78 is 14.1. The van der Waals surface area contributed by atoms with E-state index in [9.17, 15) is 9.18 Å². The fraction of sp³-hybridized carbons (Fsp3) is 0.364. The van der Waals surface area contributed by atoms with Crippen LogP contribution in [0, 0.1) is 19.7 Å². The number of carbonyl (C=O) groups is 1. The van der Waals surface area contributed by atoms with Crippen LogP contribution in [0.15, 0.2) is 10.5 Å². The fourth-order valence-electron chi connectivity index (χ4n) is 1.50. The summed E-state index contributed by atoms with van der Waals surface area (Å²) in [5.74, 6) is -1.16. The van der Waals surface area contributed by atoms with Crippen molar-refractivity contribution < 1.29 is 14.3 Å². The normalized spacial score (nSPS) is 10.4. The minimum Gasteiger partial charge on any atom is -0.481 e. The smallest absolute Gasteiger partial charge is 0.303 e. The van der Waals surface area contributed by atoms with Crippen molar-refractivity contribution in [2.75, 3.05) is 0 Å². The third-order valence-corrected chi connectivity index (χ3v) is 3.29. The number of hydrogen-bond donors (Lipinski definition) is 1. The van der Waals surface area contributed by atoms with Gasteiger partial charge in [-0.2, -0.15) is 0 Å². The van der Waals surface area contributed by atoms with Crippen LogP contribution in [0.3, 0.4) is 0 Å². The van der Waals surface area contributed by atoms with Gasteiger partial charge in [-0.15, -0.1) is 0 Å². The van der Waals surface area contributed by atoms with Gasteiger partial charge in [-0.3, -0.25) is 4.79 Å². The second-order valence-corrected chi connectivity index (χ2v) is 4.32. The van der Waals surface area contributed by atoms with Gasteiger partial charge in [-0.25, -0.2) is 4.39 Å². The standard InChI is InChI=1S/C11H12BrFO2/c1-6-8(3-4-11(14)15)7(2)10(13)5-9(6)12/h5H,3-4H2,1-2H3,(H,14,15). The fourth-order valence-corrected chi connectivity index (χ4v) is 1.94. The lowest BCUT2D eigenvalue weighted by Crippen LogP contribution is -2.03. The second kappa shape index (κ2) is 4.75. The zero-order valence-corrected chi connectivity index (χ0v) is 10.2. The van der Waals surface area contributed by atoms with Crippen molar-refractivity contribution >= 4 is 21.9 Å². The third-order valence-electron chi connectivity index (χ3n) is 2.46.